The van der Waals surface area contributed by atoms with E-state index < -0.39 is 11.7 Å². The van der Waals surface area contributed by atoms with Gasteiger partial charge < -0.3 is 19.5 Å². The molecular formula is C34H32N2O5. The Labute approximate surface area is 239 Å². The number of urea groups is 1. The molecule has 2 bridgehead atoms. The van der Waals surface area contributed by atoms with Gasteiger partial charge in [-0.1, -0.05) is 78.4 Å². The highest BCUT2D eigenvalue weighted by atomic mass is 16.5. The number of carbonyl (C=O) groups excluding carboxylic acids is 2. The summed E-state index contributed by atoms with van der Waals surface area (Å²) >= 11 is 0. The first-order valence-electron chi connectivity index (χ1n) is 13.8. The summed E-state index contributed by atoms with van der Waals surface area (Å²) in [5.74, 6) is 0.786. The standard InChI is InChI=1S/C34H32N2O5/c1-23-14-16-24(17-15-23)18-19-39-32(37)26-10-6-11-27(20-26)36-33(38)35-29-21-34(36,2)41-31-28(29)12-7-13-30(31)40-22-25-8-4-3-5-9-25/h3-17,20,29H,18-19,21-22H2,1-2H3,(H,35,38). The smallest absolute Gasteiger partial charge is 0.338 e. The van der Waals surface area contributed by atoms with E-state index in [-0.39, 0.29) is 18.7 Å². The predicted octanol–water partition coefficient (Wildman–Crippen LogP) is 6.74. The molecule has 4 aromatic carbocycles. The Kier molecular flexibility index (Phi) is 7.10. The zero-order valence-electron chi connectivity index (χ0n) is 23.1. The van der Waals surface area contributed by atoms with Crippen LogP contribution in [0.1, 0.15) is 52.0 Å². The molecule has 1 N–H and O–H groups in total. The lowest BCUT2D eigenvalue weighted by molar-refractivity contribution is 0.0337. The van der Waals surface area contributed by atoms with Crippen molar-refractivity contribution < 1.29 is 23.8 Å². The topological polar surface area (TPSA) is 77.1 Å². The van der Waals surface area contributed by atoms with Crippen molar-refractivity contribution in [3.8, 4) is 11.5 Å². The maximum Gasteiger partial charge on any atom is 0.338 e. The molecule has 2 heterocycles. The third-order valence-electron chi connectivity index (χ3n) is 7.59. The number of anilines is 1. The van der Waals surface area contributed by atoms with Crippen LogP contribution in [0, 0.1) is 6.92 Å². The maximum absolute atomic E-state index is 13.4. The van der Waals surface area contributed by atoms with E-state index >= 15 is 0 Å². The Hall–Kier alpha value is -4.78. The molecule has 7 nitrogen and oxygen atoms in total. The summed E-state index contributed by atoms with van der Waals surface area (Å²) in [5, 5.41) is 3.12. The van der Waals surface area contributed by atoms with Crippen LogP contribution < -0.4 is 19.7 Å². The average Bonchev–Trinajstić information content (AvgIpc) is 2.97. The van der Waals surface area contributed by atoms with Gasteiger partial charge in [0.15, 0.2) is 17.2 Å². The number of amides is 2. The number of carbonyl (C=O) groups is 2. The van der Waals surface area contributed by atoms with Gasteiger partial charge in [-0.15, -0.1) is 0 Å². The first-order valence-corrected chi connectivity index (χ1v) is 13.8. The highest BCUT2D eigenvalue weighted by molar-refractivity contribution is 5.97. The Bertz CT molecular complexity index is 1570. The van der Waals surface area contributed by atoms with E-state index in [0.717, 1.165) is 16.7 Å². The van der Waals surface area contributed by atoms with E-state index in [1.165, 1.54) is 5.56 Å². The molecule has 0 spiro atoms. The molecule has 0 radical (unpaired) electrons. The molecule has 0 saturated carbocycles. The number of fused-ring (bicyclic) bond motifs is 4. The van der Waals surface area contributed by atoms with Crippen LogP contribution in [-0.4, -0.2) is 24.3 Å². The molecule has 208 valence electrons. The summed E-state index contributed by atoms with van der Waals surface area (Å²) in [4.78, 5) is 27.9. The lowest BCUT2D eigenvalue weighted by atomic mass is 9.89. The Morgan fingerprint density at radius 3 is 2.56 bits per heavy atom. The SMILES string of the molecule is Cc1ccc(CCOC(=O)c2cccc(N3C(=O)NC4CC3(C)Oc3c(OCc5ccccc5)cccc34)c2)cc1. The van der Waals surface area contributed by atoms with Gasteiger partial charge in [0.05, 0.1) is 23.9 Å². The van der Waals surface area contributed by atoms with E-state index in [4.69, 9.17) is 14.2 Å². The summed E-state index contributed by atoms with van der Waals surface area (Å²) in [6.07, 6.45) is 1.15. The third kappa shape index (κ3) is 5.48. The third-order valence-corrected chi connectivity index (χ3v) is 7.59. The number of aryl methyl sites for hydroxylation is 1. The van der Waals surface area contributed by atoms with Gasteiger partial charge in [-0.05, 0) is 49.2 Å². The largest absolute Gasteiger partial charge is 0.485 e. The maximum atomic E-state index is 13.4. The number of para-hydroxylation sites is 1. The van der Waals surface area contributed by atoms with Crippen molar-refractivity contribution in [1.29, 1.82) is 0 Å². The molecule has 1 fully saturated rings. The van der Waals surface area contributed by atoms with Gasteiger partial charge in [-0.2, -0.15) is 0 Å². The van der Waals surface area contributed by atoms with Gasteiger partial charge >= 0.3 is 12.0 Å². The molecule has 2 unspecified atom stereocenters. The summed E-state index contributed by atoms with van der Waals surface area (Å²) in [6.45, 7) is 4.59. The van der Waals surface area contributed by atoms with Crippen LogP contribution in [0.25, 0.3) is 0 Å². The minimum atomic E-state index is -1.000. The number of rotatable bonds is 8. The fraction of sp³-hybridized carbons (Fsp3) is 0.235. The number of hydrogen-bond donors (Lipinski definition) is 1. The van der Waals surface area contributed by atoms with Gasteiger partial charge in [0.25, 0.3) is 0 Å². The molecule has 0 aromatic heterocycles. The summed E-state index contributed by atoms with van der Waals surface area (Å²) in [7, 11) is 0. The van der Waals surface area contributed by atoms with Crippen molar-refractivity contribution in [2.24, 2.45) is 0 Å². The minimum absolute atomic E-state index is 0.234. The zero-order chi connectivity index (χ0) is 28.4. The summed E-state index contributed by atoms with van der Waals surface area (Å²) in [6, 6.07) is 30.2. The van der Waals surface area contributed by atoms with Crippen molar-refractivity contribution in [3.05, 3.63) is 125 Å². The summed E-state index contributed by atoms with van der Waals surface area (Å²) in [5.41, 5.74) is 4.13. The number of nitrogens with zero attached hydrogens (tertiary/aromatic N) is 1. The second-order valence-corrected chi connectivity index (χ2v) is 10.7. The van der Waals surface area contributed by atoms with Crippen LogP contribution >= 0.6 is 0 Å². The highest BCUT2D eigenvalue weighted by Gasteiger charge is 2.50. The average molecular weight is 549 g/mol. The quantitative estimate of drug-likeness (QED) is 0.247. The number of esters is 1. The van der Waals surface area contributed by atoms with Gasteiger partial charge in [-0.3, -0.25) is 4.90 Å². The molecule has 1 saturated heterocycles. The number of benzene rings is 4. The zero-order valence-corrected chi connectivity index (χ0v) is 23.1. The van der Waals surface area contributed by atoms with Gasteiger partial charge in [-0.25, -0.2) is 9.59 Å². The second kappa shape index (κ2) is 11.0. The summed E-state index contributed by atoms with van der Waals surface area (Å²) < 4.78 is 18.3. The molecule has 2 aliphatic rings. The van der Waals surface area contributed by atoms with Crippen molar-refractivity contribution in [2.75, 3.05) is 11.5 Å². The van der Waals surface area contributed by atoms with Gasteiger partial charge in [0, 0.05) is 18.4 Å². The van der Waals surface area contributed by atoms with Crippen molar-refractivity contribution in [3.63, 3.8) is 0 Å². The molecule has 4 aromatic rings. The normalized spacial score (nSPS) is 19.0. The van der Waals surface area contributed by atoms with E-state index in [0.29, 0.717) is 42.2 Å². The molecule has 2 aliphatic heterocycles. The minimum Gasteiger partial charge on any atom is -0.485 e. The molecule has 7 heteroatoms. The Morgan fingerprint density at radius 1 is 0.976 bits per heavy atom. The number of ether oxygens (including phenoxy) is 3. The monoisotopic (exact) mass is 548 g/mol. The van der Waals surface area contributed by atoms with Crippen LogP contribution in [0.2, 0.25) is 0 Å². The van der Waals surface area contributed by atoms with Crippen LogP contribution in [0.4, 0.5) is 10.5 Å². The van der Waals surface area contributed by atoms with Crippen LogP contribution in [0.15, 0.2) is 97.1 Å². The molecule has 41 heavy (non-hydrogen) atoms. The van der Waals surface area contributed by atoms with E-state index in [9.17, 15) is 9.59 Å². The van der Waals surface area contributed by atoms with E-state index in [2.05, 4.69) is 5.32 Å². The second-order valence-electron chi connectivity index (χ2n) is 10.7. The first-order chi connectivity index (χ1) is 19.9. The molecule has 0 aliphatic carbocycles. The Morgan fingerprint density at radius 2 is 1.76 bits per heavy atom. The fourth-order valence-electron chi connectivity index (χ4n) is 5.47. The molecule has 2 amide bonds. The van der Waals surface area contributed by atoms with E-state index in [1.54, 1.807) is 29.2 Å². The fourth-order valence-corrected chi connectivity index (χ4v) is 5.47. The van der Waals surface area contributed by atoms with Gasteiger partial charge in [0.2, 0.25) is 0 Å². The van der Waals surface area contributed by atoms with Crippen molar-refractivity contribution in [2.45, 2.75) is 45.1 Å². The number of hydrogen-bond acceptors (Lipinski definition) is 5. The predicted molar refractivity (Wildman–Crippen MR) is 156 cm³/mol. The molecular weight excluding hydrogens is 516 g/mol. The van der Waals surface area contributed by atoms with Crippen molar-refractivity contribution >= 4 is 17.7 Å². The number of nitrogens with one attached hydrogen (secondary N) is 1. The lowest BCUT2D eigenvalue weighted by Gasteiger charge is -2.50. The molecule has 6 rings (SSSR count). The lowest BCUT2D eigenvalue weighted by Crippen LogP contribution is -2.65. The van der Waals surface area contributed by atoms with Crippen LogP contribution in [0.3, 0.4) is 0 Å². The Balaban J connectivity index is 1.20. The van der Waals surface area contributed by atoms with Crippen molar-refractivity contribution in [1.82, 2.24) is 5.32 Å². The first kappa shape index (κ1) is 26.4. The van der Waals surface area contributed by atoms with Gasteiger partial charge in [0.1, 0.15) is 6.61 Å². The van der Waals surface area contributed by atoms with Crippen LogP contribution in [0.5, 0.6) is 11.5 Å². The highest BCUT2D eigenvalue weighted by Crippen LogP contribution is 2.49. The van der Waals surface area contributed by atoms with E-state index in [1.807, 2.05) is 86.6 Å². The van der Waals surface area contributed by atoms with Crippen LogP contribution in [-0.2, 0) is 17.8 Å². The molecule has 2 atom stereocenters.